The van der Waals surface area contributed by atoms with Crippen LogP contribution < -0.4 is 0 Å². The zero-order valence-corrected chi connectivity index (χ0v) is 4.26. The Morgan fingerprint density at radius 3 is 2.33 bits per heavy atom. The number of hydrogen-bond donors (Lipinski definition) is 0. The normalized spacial score (nSPS) is 8.83. The average Bonchev–Trinajstić information content (AvgIpc) is 1.41. The van der Waals surface area contributed by atoms with Crippen LogP contribution >= 0.6 is 8.69 Å². The van der Waals surface area contributed by atoms with Crippen molar-refractivity contribution in [3.05, 3.63) is 0 Å². The van der Waals surface area contributed by atoms with Gasteiger partial charge in [0.2, 0.25) is 0 Å². The molecule has 6 heavy (non-hydrogen) atoms. The van der Waals surface area contributed by atoms with Crippen molar-refractivity contribution >= 4 is 38.2 Å². The van der Waals surface area contributed by atoms with Gasteiger partial charge in [-0.2, -0.15) is 0 Å². The van der Waals surface area contributed by atoms with Crippen LogP contribution in [0, 0.1) is 0 Å². The summed E-state index contributed by atoms with van der Waals surface area (Å²) < 4.78 is 13.8. The molecule has 0 saturated carbocycles. The first kappa shape index (κ1) is 10.2. The van der Waals surface area contributed by atoms with Crippen molar-refractivity contribution in [1.82, 2.24) is 0 Å². The molecule has 0 aliphatic rings. The van der Waals surface area contributed by atoms with Crippen molar-refractivity contribution in [2.75, 3.05) is 6.61 Å². The Morgan fingerprint density at radius 1 is 1.83 bits per heavy atom. The quantitative estimate of drug-likeness (QED) is 0.378. The summed E-state index contributed by atoms with van der Waals surface area (Å²) in [5, 5.41) is 0. The Hall–Kier alpha value is 1.19. The van der Waals surface area contributed by atoms with E-state index < -0.39 is 8.69 Å². The fraction of sp³-hybridized carbons (Fsp3) is 1.00. The van der Waals surface area contributed by atoms with Crippen molar-refractivity contribution in [3.8, 4) is 0 Å². The maximum absolute atomic E-state index is 9.39. The monoisotopic (exact) mass is 118 g/mol. The third-order valence-corrected chi connectivity index (χ3v) is 0.704. The van der Waals surface area contributed by atoms with Gasteiger partial charge in [-0.25, -0.2) is 0 Å². The molecule has 0 fully saturated rings. The third-order valence-electron chi connectivity index (χ3n) is 0.235. The minimum absolute atomic E-state index is 0. The van der Waals surface area contributed by atoms with Gasteiger partial charge in [0.1, 0.15) is 0 Å². The summed E-state index contributed by atoms with van der Waals surface area (Å²) in [7, 11) is -0.964. The molecule has 0 aliphatic heterocycles. The molecular weight excluding hydrogens is 110 g/mol. The van der Waals surface area contributed by atoms with Gasteiger partial charge in [0.25, 0.3) is 0 Å². The van der Waals surface area contributed by atoms with E-state index in [1.54, 1.807) is 0 Å². The van der Waals surface area contributed by atoms with Gasteiger partial charge < -0.3 is 4.52 Å². The fourth-order valence-electron chi connectivity index (χ4n) is 0.0680. The SMILES string of the molecule is CCO[PH2]=O.[NaH]. The molecule has 0 aromatic heterocycles. The predicted octanol–water partition coefficient (Wildman–Crippen LogP) is 0.0457. The summed E-state index contributed by atoms with van der Waals surface area (Å²) in [5.41, 5.74) is 0. The molecule has 0 saturated heterocycles. The average molecular weight is 118 g/mol. The van der Waals surface area contributed by atoms with Crippen LogP contribution in [0.5, 0.6) is 0 Å². The van der Waals surface area contributed by atoms with Gasteiger partial charge in [-0.3, -0.25) is 4.57 Å². The summed E-state index contributed by atoms with van der Waals surface area (Å²) >= 11 is 0. The first-order valence-corrected chi connectivity index (χ1v) is 2.41. The summed E-state index contributed by atoms with van der Waals surface area (Å²) in [6, 6.07) is 0. The Kier molecular flexibility index (Phi) is 16.2. The van der Waals surface area contributed by atoms with E-state index in [-0.39, 0.29) is 29.6 Å². The van der Waals surface area contributed by atoms with Crippen LogP contribution in [-0.2, 0) is 9.09 Å². The number of rotatable bonds is 2. The van der Waals surface area contributed by atoms with E-state index in [1.807, 2.05) is 6.92 Å². The molecule has 0 amide bonds. The molecular formula is C2H8NaO2P. The van der Waals surface area contributed by atoms with Crippen LogP contribution in [0.4, 0.5) is 0 Å². The van der Waals surface area contributed by atoms with Gasteiger partial charge in [0.15, 0.2) is 8.69 Å². The van der Waals surface area contributed by atoms with Gasteiger partial charge >= 0.3 is 29.6 Å². The first-order chi connectivity index (χ1) is 2.41. The molecule has 0 heterocycles. The zero-order valence-electron chi connectivity index (χ0n) is 3.10. The van der Waals surface area contributed by atoms with Crippen LogP contribution in [0.1, 0.15) is 6.92 Å². The molecule has 0 aromatic carbocycles. The third kappa shape index (κ3) is 8.95. The second-order valence-electron chi connectivity index (χ2n) is 0.552. The molecule has 0 N–H and O–H groups in total. The van der Waals surface area contributed by atoms with Crippen molar-refractivity contribution in [2.24, 2.45) is 0 Å². The van der Waals surface area contributed by atoms with E-state index in [4.69, 9.17) is 0 Å². The minimum atomic E-state index is -0.964. The Morgan fingerprint density at radius 2 is 2.33 bits per heavy atom. The van der Waals surface area contributed by atoms with Gasteiger partial charge in [-0.05, 0) is 6.92 Å². The molecule has 1 atom stereocenters. The van der Waals surface area contributed by atoms with Gasteiger partial charge in [0.05, 0.1) is 6.61 Å². The van der Waals surface area contributed by atoms with Crippen LogP contribution in [0.3, 0.4) is 0 Å². The molecule has 0 bridgehead atoms. The summed E-state index contributed by atoms with van der Waals surface area (Å²) in [5.74, 6) is 0. The van der Waals surface area contributed by atoms with Crippen molar-refractivity contribution in [3.63, 3.8) is 0 Å². The molecule has 0 radical (unpaired) electrons. The summed E-state index contributed by atoms with van der Waals surface area (Å²) in [6.45, 7) is 2.38. The van der Waals surface area contributed by atoms with Crippen molar-refractivity contribution < 1.29 is 9.09 Å². The standard InChI is InChI=1S/C2H7O2P.Na.H/c1-2-4-5-3;;/h2,5H2,1H3;;. The molecule has 34 valence electrons. The molecule has 0 spiro atoms. The molecule has 0 aromatic rings. The maximum atomic E-state index is 9.39. The van der Waals surface area contributed by atoms with E-state index in [0.29, 0.717) is 6.61 Å². The molecule has 2 nitrogen and oxygen atoms in total. The predicted molar refractivity (Wildman–Crippen MR) is 29.2 cm³/mol. The summed E-state index contributed by atoms with van der Waals surface area (Å²) in [6.07, 6.45) is 0. The topological polar surface area (TPSA) is 26.3 Å². The van der Waals surface area contributed by atoms with Gasteiger partial charge in [0, 0.05) is 0 Å². The van der Waals surface area contributed by atoms with E-state index in [1.165, 1.54) is 0 Å². The molecule has 4 heteroatoms. The van der Waals surface area contributed by atoms with Crippen LogP contribution in [0.15, 0.2) is 0 Å². The Bertz CT molecular complexity index is 32.7. The van der Waals surface area contributed by atoms with Crippen molar-refractivity contribution in [1.29, 1.82) is 0 Å². The molecule has 0 rings (SSSR count). The number of hydrogen-bond acceptors (Lipinski definition) is 2. The second-order valence-corrected chi connectivity index (χ2v) is 1.08. The van der Waals surface area contributed by atoms with E-state index in [0.717, 1.165) is 0 Å². The van der Waals surface area contributed by atoms with E-state index in [2.05, 4.69) is 4.52 Å². The van der Waals surface area contributed by atoms with E-state index in [9.17, 15) is 4.57 Å². The van der Waals surface area contributed by atoms with Crippen molar-refractivity contribution in [2.45, 2.75) is 6.92 Å². The van der Waals surface area contributed by atoms with Crippen LogP contribution in [-0.4, -0.2) is 36.2 Å². The molecule has 0 aliphatic carbocycles. The zero-order chi connectivity index (χ0) is 4.12. The molecule has 1 unspecified atom stereocenters. The van der Waals surface area contributed by atoms with Gasteiger partial charge in [-0.15, -0.1) is 0 Å². The fourth-order valence-corrected chi connectivity index (χ4v) is 0.204. The Labute approximate surface area is 60.8 Å². The Balaban J connectivity index is 0. The summed E-state index contributed by atoms with van der Waals surface area (Å²) in [4.78, 5) is 0. The van der Waals surface area contributed by atoms with Gasteiger partial charge in [-0.1, -0.05) is 0 Å². The van der Waals surface area contributed by atoms with E-state index >= 15 is 0 Å². The van der Waals surface area contributed by atoms with Crippen LogP contribution in [0.25, 0.3) is 0 Å². The second kappa shape index (κ2) is 9.50. The van der Waals surface area contributed by atoms with Crippen LogP contribution in [0.2, 0.25) is 0 Å². The first-order valence-electron chi connectivity index (χ1n) is 1.47.